The van der Waals surface area contributed by atoms with Crippen molar-refractivity contribution in [3.63, 3.8) is 0 Å². The number of sulfonamides is 1. The fourth-order valence-corrected chi connectivity index (χ4v) is 2.80. The molecule has 1 aromatic carbocycles. The molecule has 102 valence electrons. The molecule has 0 radical (unpaired) electrons. The zero-order valence-electron chi connectivity index (χ0n) is 9.84. The first-order valence-corrected chi connectivity index (χ1v) is 7.13. The summed E-state index contributed by atoms with van der Waals surface area (Å²) in [5.41, 5.74) is -0.141. The molecule has 0 spiro atoms. The summed E-state index contributed by atoms with van der Waals surface area (Å²) in [5.74, 6) is -0.659. The van der Waals surface area contributed by atoms with Crippen LogP contribution in [-0.2, 0) is 10.0 Å². The second-order valence-electron chi connectivity index (χ2n) is 3.70. The summed E-state index contributed by atoms with van der Waals surface area (Å²) in [4.78, 5) is 3.41. The summed E-state index contributed by atoms with van der Waals surface area (Å²) >= 11 is 5.57. The van der Waals surface area contributed by atoms with Crippen molar-refractivity contribution >= 4 is 27.3 Å². The topological polar surface area (TPSA) is 82.8 Å². The van der Waals surface area contributed by atoms with Crippen LogP contribution in [0.15, 0.2) is 41.4 Å². The summed E-state index contributed by atoms with van der Waals surface area (Å²) in [6.07, 6.45) is 1.31. The van der Waals surface area contributed by atoms with Crippen LogP contribution in [0.2, 0.25) is 5.02 Å². The molecule has 2 rings (SSSR count). The van der Waals surface area contributed by atoms with Gasteiger partial charge in [-0.2, -0.15) is 5.26 Å². The van der Waals surface area contributed by atoms with E-state index in [-0.39, 0.29) is 21.3 Å². The van der Waals surface area contributed by atoms with E-state index in [2.05, 4.69) is 9.71 Å². The van der Waals surface area contributed by atoms with Crippen molar-refractivity contribution in [2.45, 2.75) is 4.90 Å². The number of hydrogen-bond donors (Lipinski definition) is 1. The van der Waals surface area contributed by atoms with Gasteiger partial charge in [0.25, 0.3) is 10.0 Å². The van der Waals surface area contributed by atoms with Gasteiger partial charge >= 0.3 is 0 Å². The third kappa shape index (κ3) is 2.87. The zero-order chi connectivity index (χ0) is 14.8. The maximum atomic E-state index is 13.0. The van der Waals surface area contributed by atoms with Crippen molar-refractivity contribution in [3.8, 4) is 6.07 Å². The molecule has 0 saturated heterocycles. The van der Waals surface area contributed by atoms with E-state index < -0.39 is 15.8 Å². The van der Waals surface area contributed by atoms with Crippen LogP contribution in [0.3, 0.4) is 0 Å². The van der Waals surface area contributed by atoms with Crippen molar-refractivity contribution in [3.05, 3.63) is 53.1 Å². The lowest BCUT2D eigenvalue weighted by molar-refractivity contribution is 0.600. The molecule has 2 aromatic rings. The molecule has 0 saturated carbocycles. The van der Waals surface area contributed by atoms with Gasteiger partial charge in [0.15, 0.2) is 5.69 Å². The maximum Gasteiger partial charge on any atom is 0.264 e. The first-order chi connectivity index (χ1) is 9.44. The third-order valence-electron chi connectivity index (χ3n) is 2.34. The molecule has 0 aliphatic rings. The Morgan fingerprint density at radius 2 is 2.10 bits per heavy atom. The number of anilines is 1. The molecule has 5 nitrogen and oxygen atoms in total. The number of halogens is 2. The zero-order valence-corrected chi connectivity index (χ0v) is 11.4. The maximum absolute atomic E-state index is 13.0. The lowest BCUT2D eigenvalue weighted by Gasteiger charge is -2.09. The Hall–Kier alpha value is -2.17. The van der Waals surface area contributed by atoms with E-state index in [4.69, 9.17) is 16.9 Å². The van der Waals surface area contributed by atoms with Crippen molar-refractivity contribution < 1.29 is 12.8 Å². The van der Waals surface area contributed by atoms with Crippen LogP contribution in [0.4, 0.5) is 10.1 Å². The molecule has 0 unspecified atom stereocenters. The molecule has 1 N–H and O–H groups in total. The monoisotopic (exact) mass is 311 g/mol. The molecular formula is C12H7ClFN3O2S. The first-order valence-electron chi connectivity index (χ1n) is 5.27. The highest BCUT2D eigenvalue weighted by atomic mass is 35.5. The van der Waals surface area contributed by atoms with Gasteiger partial charge in [-0.3, -0.25) is 4.72 Å². The van der Waals surface area contributed by atoms with Crippen LogP contribution in [0.1, 0.15) is 5.69 Å². The Balaban J connectivity index is 2.41. The van der Waals surface area contributed by atoms with Gasteiger partial charge in [0.05, 0.1) is 10.7 Å². The highest BCUT2D eigenvalue weighted by Gasteiger charge is 2.19. The molecule has 0 aliphatic heterocycles. The SMILES string of the molecule is N#Cc1ncccc1S(=O)(=O)Nc1ccc(F)c(Cl)c1. The van der Waals surface area contributed by atoms with Crippen LogP contribution in [0, 0.1) is 17.1 Å². The van der Waals surface area contributed by atoms with Gasteiger partial charge in [-0.05, 0) is 30.3 Å². The molecule has 0 fully saturated rings. The van der Waals surface area contributed by atoms with E-state index in [9.17, 15) is 12.8 Å². The van der Waals surface area contributed by atoms with Gasteiger partial charge in [-0.25, -0.2) is 17.8 Å². The van der Waals surface area contributed by atoms with Crippen LogP contribution in [0.25, 0.3) is 0 Å². The molecule has 0 bridgehead atoms. The summed E-state index contributed by atoms with van der Waals surface area (Å²) < 4.78 is 39.5. The van der Waals surface area contributed by atoms with Crippen molar-refractivity contribution in [1.29, 1.82) is 5.26 Å². The number of benzene rings is 1. The number of rotatable bonds is 3. The van der Waals surface area contributed by atoms with Crippen LogP contribution in [0.5, 0.6) is 0 Å². The highest BCUT2D eigenvalue weighted by molar-refractivity contribution is 7.92. The molecule has 0 atom stereocenters. The standard InChI is InChI=1S/C12H7ClFN3O2S/c13-9-6-8(3-4-10(9)14)17-20(18,19)12-2-1-5-16-11(12)7-15/h1-6,17H. The minimum absolute atomic E-state index is 0.0872. The predicted molar refractivity (Wildman–Crippen MR) is 71.2 cm³/mol. The molecule has 0 aliphatic carbocycles. The summed E-state index contributed by atoms with van der Waals surface area (Å²) in [6, 6.07) is 7.73. The molecule has 1 heterocycles. The molecular weight excluding hydrogens is 305 g/mol. The summed E-state index contributed by atoms with van der Waals surface area (Å²) in [6.45, 7) is 0. The minimum Gasteiger partial charge on any atom is -0.279 e. The van der Waals surface area contributed by atoms with E-state index in [0.29, 0.717) is 0 Å². The lowest BCUT2D eigenvalue weighted by Crippen LogP contribution is -2.15. The smallest absolute Gasteiger partial charge is 0.264 e. The number of nitrogens with one attached hydrogen (secondary N) is 1. The van der Waals surface area contributed by atoms with E-state index in [1.807, 2.05) is 0 Å². The lowest BCUT2D eigenvalue weighted by atomic mass is 10.3. The number of aromatic nitrogens is 1. The number of nitrogens with zero attached hydrogens (tertiary/aromatic N) is 2. The Bertz CT molecular complexity index is 803. The fraction of sp³-hybridized carbons (Fsp3) is 0. The number of pyridine rings is 1. The molecule has 1 aromatic heterocycles. The van der Waals surface area contributed by atoms with E-state index in [0.717, 1.165) is 12.1 Å². The van der Waals surface area contributed by atoms with Gasteiger partial charge in [0.2, 0.25) is 0 Å². The van der Waals surface area contributed by atoms with Gasteiger partial charge < -0.3 is 0 Å². The van der Waals surface area contributed by atoms with Crippen LogP contribution in [-0.4, -0.2) is 13.4 Å². The highest BCUT2D eigenvalue weighted by Crippen LogP contribution is 2.22. The summed E-state index contributed by atoms with van der Waals surface area (Å²) in [7, 11) is -4.00. The number of hydrogen-bond acceptors (Lipinski definition) is 4. The minimum atomic E-state index is -4.00. The second-order valence-corrected chi connectivity index (χ2v) is 5.75. The first kappa shape index (κ1) is 14.2. The second kappa shape index (κ2) is 5.45. The van der Waals surface area contributed by atoms with Gasteiger partial charge in [0.1, 0.15) is 16.8 Å². The average molecular weight is 312 g/mol. The molecule has 8 heteroatoms. The van der Waals surface area contributed by atoms with Crippen molar-refractivity contribution in [1.82, 2.24) is 4.98 Å². The van der Waals surface area contributed by atoms with E-state index >= 15 is 0 Å². The Morgan fingerprint density at radius 3 is 2.75 bits per heavy atom. The Kier molecular flexibility index (Phi) is 3.88. The van der Waals surface area contributed by atoms with Crippen molar-refractivity contribution in [2.75, 3.05) is 4.72 Å². The molecule has 0 amide bonds. The third-order valence-corrected chi connectivity index (χ3v) is 4.04. The van der Waals surface area contributed by atoms with E-state index in [1.165, 1.54) is 24.4 Å². The van der Waals surface area contributed by atoms with Crippen molar-refractivity contribution in [2.24, 2.45) is 0 Å². The van der Waals surface area contributed by atoms with Gasteiger partial charge in [-0.1, -0.05) is 11.6 Å². The quantitative estimate of drug-likeness (QED) is 0.944. The van der Waals surface area contributed by atoms with Crippen LogP contribution >= 0.6 is 11.6 Å². The number of nitriles is 1. The van der Waals surface area contributed by atoms with Crippen LogP contribution < -0.4 is 4.72 Å². The fourth-order valence-electron chi connectivity index (χ4n) is 1.46. The van der Waals surface area contributed by atoms with E-state index in [1.54, 1.807) is 6.07 Å². The molecule has 20 heavy (non-hydrogen) atoms. The largest absolute Gasteiger partial charge is 0.279 e. The summed E-state index contributed by atoms with van der Waals surface area (Å²) in [5, 5.41) is 8.64. The Labute approximate surface area is 119 Å². The Morgan fingerprint density at radius 1 is 1.35 bits per heavy atom. The van der Waals surface area contributed by atoms with Gasteiger partial charge in [-0.15, -0.1) is 0 Å². The predicted octanol–water partition coefficient (Wildman–Crippen LogP) is 2.55. The van der Waals surface area contributed by atoms with Gasteiger partial charge in [0, 0.05) is 6.20 Å². The normalized spacial score (nSPS) is 10.8. The average Bonchev–Trinajstić information content (AvgIpc) is 2.42.